The summed E-state index contributed by atoms with van der Waals surface area (Å²) in [6.45, 7) is 3.96. The van der Waals surface area contributed by atoms with Crippen LogP contribution in [0.5, 0.6) is 5.75 Å². The van der Waals surface area contributed by atoms with E-state index in [4.69, 9.17) is 16.3 Å². The zero-order valence-corrected chi connectivity index (χ0v) is 29.2. The largest absolute Gasteiger partial charge is 0.492 e. The number of hydrogen-bond donors (Lipinski definition) is 1. The molecule has 0 fully saturated rings. The molecule has 4 rings (SSSR count). The zero-order valence-electron chi connectivity index (χ0n) is 26.8. The lowest BCUT2D eigenvalue weighted by Gasteiger charge is -2.34. The Labute approximate surface area is 287 Å². The summed E-state index contributed by atoms with van der Waals surface area (Å²) < 4.78 is 35.7. The molecular formula is C36H40ClN3O5S2. The Bertz CT molecular complexity index is 1720. The van der Waals surface area contributed by atoms with Crippen molar-refractivity contribution in [3.8, 4) is 5.75 Å². The third-order valence-corrected chi connectivity index (χ3v) is 10.2. The van der Waals surface area contributed by atoms with Crippen LogP contribution >= 0.6 is 23.4 Å². The molecule has 1 N–H and O–H groups in total. The Morgan fingerprint density at radius 2 is 1.53 bits per heavy atom. The molecule has 47 heavy (non-hydrogen) atoms. The Morgan fingerprint density at radius 1 is 0.872 bits per heavy atom. The van der Waals surface area contributed by atoms with E-state index in [0.717, 1.165) is 20.3 Å². The first kappa shape index (κ1) is 35.9. The predicted octanol–water partition coefficient (Wildman–Crippen LogP) is 6.82. The average molecular weight is 694 g/mol. The molecule has 4 aromatic rings. The summed E-state index contributed by atoms with van der Waals surface area (Å²) in [6.07, 6.45) is 2.85. The topological polar surface area (TPSA) is 96.0 Å². The average Bonchev–Trinajstić information content (AvgIpc) is 3.09. The van der Waals surface area contributed by atoms with Gasteiger partial charge in [0.15, 0.2) is 0 Å². The van der Waals surface area contributed by atoms with E-state index < -0.39 is 28.5 Å². The molecule has 0 radical (unpaired) electrons. The minimum atomic E-state index is -4.27. The minimum Gasteiger partial charge on any atom is -0.492 e. The number of halogens is 1. The number of ether oxygens (including phenoxy) is 1. The number of hydrogen-bond acceptors (Lipinski definition) is 6. The normalized spacial score (nSPS) is 11.8. The molecule has 0 aromatic heterocycles. The molecular weight excluding hydrogens is 654 g/mol. The Hall–Kier alpha value is -3.99. The van der Waals surface area contributed by atoms with Gasteiger partial charge in [-0.05, 0) is 79.3 Å². The second-order valence-electron chi connectivity index (χ2n) is 10.7. The number of carbonyl (C=O) groups excluding carboxylic acids is 2. The lowest BCUT2D eigenvalue weighted by molar-refractivity contribution is -0.140. The van der Waals surface area contributed by atoms with Crippen molar-refractivity contribution in [1.82, 2.24) is 10.2 Å². The van der Waals surface area contributed by atoms with Crippen LogP contribution in [0.1, 0.15) is 31.4 Å². The smallest absolute Gasteiger partial charge is 0.264 e. The summed E-state index contributed by atoms with van der Waals surface area (Å²) in [4.78, 5) is 30.8. The van der Waals surface area contributed by atoms with Crippen molar-refractivity contribution < 1.29 is 22.7 Å². The van der Waals surface area contributed by atoms with Crippen molar-refractivity contribution in [1.29, 1.82) is 0 Å². The highest BCUT2D eigenvalue weighted by atomic mass is 35.5. The number of thioether (sulfide) groups is 1. The third kappa shape index (κ3) is 9.53. The fourth-order valence-corrected chi connectivity index (χ4v) is 6.99. The molecule has 0 spiro atoms. The van der Waals surface area contributed by atoms with E-state index in [-0.39, 0.29) is 29.5 Å². The van der Waals surface area contributed by atoms with Gasteiger partial charge in [0.25, 0.3) is 10.0 Å². The van der Waals surface area contributed by atoms with Crippen molar-refractivity contribution in [3.05, 3.63) is 119 Å². The number of para-hydroxylation sites is 2. The van der Waals surface area contributed by atoms with Gasteiger partial charge in [-0.3, -0.25) is 13.9 Å². The number of nitrogens with zero attached hydrogens (tertiary/aromatic N) is 2. The zero-order chi connectivity index (χ0) is 33.8. The van der Waals surface area contributed by atoms with Crippen molar-refractivity contribution >= 4 is 50.9 Å². The van der Waals surface area contributed by atoms with Gasteiger partial charge in [0.05, 0.1) is 17.2 Å². The maximum atomic E-state index is 14.6. The number of nitrogens with one attached hydrogen (secondary N) is 1. The highest BCUT2D eigenvalue weighted by Crippen LogP contribution is 2.33. The first-order chi connectivity index (χ1) is 22.7. The lowest BCUT2D eigenvalue weighted by atomic mass is 10.0. The van der Waals surface area contributed by atoms with Crippen molar-refractivity contribution in [3.63, 3.8) is 0 Å². The molecule has 0 bridgehead atoms. The van der Waals surface area contributed by atoms with E-state index in [0.29, 0.717) is 30.3 Å². The van der Waals surface area contributed by atoms with E-state index in [9.17, 15) is 18.0 Å². The standard InChI is InChI=1S/C36H40ClN3O5S2/c1-4-23-38-36(42)33(24-27-11-7-6-8-12-27)39(25-28-15-17-29(37)18-16-28)35(41)26-40(32-13-9-10-14-34(32)45-5-2)47(43,44)31-21-19-30(46-3)20-22-31/h6-22,33H,4-5,23-26H2,1-3H3,(H,38,42)/t33-/m1/s1. The molecule has 0 unspecified atom stereocenters. The number of sulfonamides is 1. The van der Waals surface area contributed by atoms with Gasteiger partial charge < -0.3 is 15.0 Å². The van der Waals surface area contributed by atoms with Crippen molar-refractivity contribution in [2.45, 2.75) is 49.1 Å². The highest BCUT2D eigenvalue weighted by molar-refractivity contribution is 7.98. The van der Waals surface area contributed by atoms with E-state index in [2.05, 4.69) is 5.32 Å². The molecule has 1 atom stereocenters. The molecule has 11 heteroatoms. The predicted molar refractivity (Wildman–Crippen MR) is 190 cm³/mol. The van der Waals surface area contributed by atoms with Crippen LogP contribution < -0.4 is 14.4 Å². The summed E-state index contributed by atoms with van der Waals surface area (Å²) in [7, 11) is -4.27. The first-order valence-corrected chi connectivity index (χ1v) is 18.5. The fraction of sp³-hybridized carbons (Fsp3) is 0.278. The van der Waals surface area contributed by atoms with E-state index in [1.54, 1.807) is 67.6 Å². The van der Waals surface area contributed by atoms with Crippen LogP contribution in [0, 0.1) is 0 Å². The monoisotopic (exact) mass is 693 g/mol. The molecule has 248 valence electrons. The number of carbonyl (C=O) groups is 2. The lowest BCUT2D eigenvalue weighted by Crippen LogP contribution is -2.53. The summed E-state index contributed by atoms with van der Waals surface area (Å²) in [5.74, 6) is -0.559. The van der Waals surface area contributed by atoms with E-state index >= 15 is 0 Å². The molecule has 0 saturated carbocycles. The number of rotatable bonds is 16. The van der Waals surface area contributed by atoms with Crippen LogP contribution in [0.2, 0.25) is 5.02 Å². The van der Waals surface area contributed by atoms with Gasteiger partial charge in [0, 0.05) is 29.4 Å². The molecule has 0 aliphatic rings. The molecule has 2 amide bonds. The Balaban J connectivity index is 1.83. The van der Waals surface area contributed by atoms with Crippen LogP contribution in [-0.4, -0.2) is 57.1 Å². The van der Waals surface area contributed by atoms with Crippen LogP contribution in [0.25, 0.3) is 0 Å². The Morgan fingerprint density at radius 3 is 2.17 bits per heavy atom. The molecule has 0 aliphatic carbocycles. The van der Waals surface area contributed by atoms with Gasteiger partial charge in [-0.2, -0.15) is 0 Å². The van der Waals surface area contributed by atoms with Crippen LogP contribution in [0.3, 0.4) is 0 Å². The second kappa shape index (κ2) is 17.2. The number of benzene rings is 4. The van der Waals surface area contributed by atoms with Gasteiger partial charge in [-0.25, -0.2) is 8.42 Å². The Kier molecular flexibility index (Phi) is 13.2. The molecule has 4 aromatic carbocycles. The summed E-state index contributed by atoms with van der Waals surface area (Å²) in [6, 6.07) is 28.8. The summed E-state index contributed by atoms with van der Waals surface area (Å²) in [5.41, 5.74) is 1.82. The summed E-state index contributed by atoms with van der Waals surface area (Å²) >= 11 is 7.66. The van der Waals surface area contributed by atoms with E-state index in [1.807, 2.05) is 43.5 Å². The van der Waals surface area contributed by atoms with E-state index in [1.165, 1.54) is 28.8 Å². The van der Waals surface area contributed by atoms with Crippen molar-refractivity contribution in [2.75, 3.05) is 30.3 Å². The van der Waals surface area contributed by atoms with Gasteiger partial charge in [0.1, 0.15) is 18.3 Å². The molecule has 0 aliphatic heterocycles. The molecule has 0 heterocycles. The van der Waals surface area contributed by atoms with Gasteiger partial charge in [-0.15, -0.1) is 11.8 Å². The molecule has 0 saturated heterocycles. The van der Waals surface area contributed by atoms with Crippen molar-refractivity contribution in [2.24, 2.45) is 0 Å². The summed E-state index contributed by atoms with van der Waals surface area (Å²) in [5, 5.41) is 3.49. The number of anilines is 1. The van der Waals surface area contributed by atoms with Gasteiger partial charge in [-0.1, -0.05) is 73.1 Å². The first-order valence-electron chi connectivity index (χ1n) is 15.4. The van der Waals surface area contributed by atoms with Gasteiger partial charge in [0.2, 0.25) is 11.8 Å². The van der Waals surface area contributed by atoms with Crippen LogP contribution in [0.4, 0.5) is 5.69 Å². The van der Waals surface area contributed by atoms with Gasteiger partial charge >= 0.3 is 0 Å². The quantitative estimate of drug-likeness (QED) is 0.129. The van der Waals surface area contributed by atoms with Crippen LogP contribution in [-0.2, 0) is 32.6 Å². The maximum Gasteiger partial charge on any atom is 0.264 e. The SMILES string of the molecule is CCCNC(=O)[C@@H](Cc1ccccc1)N(Cc1ccc(Cl)cc1)C(=O)CN(c1ccccc1OCC)S(=O)(=O)c1ccc(SC)cc1. The molecule has 8 nitrogen and oxygen atoms in total. The number of amides is 2. The fourth-order valence-electron chi connectivity index (χ4n) is 5.04. The second-order valence-corrected chi connectivity index (χ2v) is 13.9. The third-order valence-electron chi connectivity index (χ3n) is 7.45. The van der Waals surface area contributed by atoms with Crippen LogP contribution in [0.15, 0.2) is 113 Å². The minimum absolute atomic E-state index is 0.0279. The highest BCUT2D eigenvalue weighted by Gasteiger charge is 2.35. The maximum absolute atomic E-state index is 14.6.